The minimum absolute atomic E-state index is 0.775. The van der Waals surface area contributed by atoms with E-state index in [2.05, 4.69) is 116 Å². The van der Waals surface area contributed by atoms with Crippen molar-refractivity contribution in [3.63, 3.8) is 0 Å². The van der Waals surface area contributed by atoms with E-state index in [4.69, 9.17) is 17.2 Å². The van der Waals surface area contributed by atoms with Gasteiger partial charge in [0.15, 0.2) is 0 Å². The Balaban J connectivity index is 1.31. The standard InChI is InChI=1S/C61H27N3/c1-20-12-32-26-6-2-4-24-28-8-11-31-36-16-23(64)19-39-38-18-21(62)14-34-27-7-3-5-25-29-9-10-30-35-15-22(63)17-37-33(13-20)42(32)52-50(40(24)26)56-46(28)49(31)59-55(45(36)39)53(43(34)38)51(41(25)27)57-47(29)48(30)58(54(52)44(35)37)60(56)61(57)59/h2-19H,62-64H2,1H3. The van der Waals surface area contributed by atoms with E-state index in [-0.39, 0.29) is 0 Å². The van der Waals surface area contributed by atoms with Gasteiger partial charge in [0.2, 0.25) is 0 Å². The minimum Gasteiger partial charge on any atom is -0.399 e. The lowest BCUT2D eigenvalue weighted by molar-refractivity contribution is 1.53. The van der Waals surface area contributed by atoms with Crippen molar-refractivity contribution in [3.05, 3.63) is 115 Å². The van der Waals surface area contributed by atoms with Gasteiger partial charge in [0.05, 0.1) is 0 Å². The minimum atomic E-state index is 0.775. The molecular weight excluding hydrogens is 775 g/mol. The predicted octanol–water partition coefficient (Wildman–Crippen LogP) is 16.5. The van der Waals surface area contributed by atoms with Gasteiger partial charge in [-0.25, -0.2) is 0 Å². The van der Waals surface area contributed by atoms with Crippen LogP contribution in [-0.2, 0) is 0 Å². The van der Waals surface area contributed by atoms with E-state index in [0.717, 1.165) is 17.1 Å². The molecule has 0 aliphatic heterocycles. The molecule has 3 nitrogen and oxygen atoms in total. The van der Waals surface area contributed by atoms with Crippen LogP contribution in [0, 0.1) is 6.92 Å². The number of rotatable bonds is 0. The Morgan fingerprint density at radius 2 is 0.391 bits per heavy atom. The number of aryl methyl sites for hydroxylation is 1. The molecule has 0 radical (unpaired) electrons. The van der Waals surface area contributed by atoms with Crippen molar-refractivity contribution in [2.45, 2.75) is 6.92 Å². The molecule has 20 aromatic rings. The van der Waals surface area contributed by atoms with Gasteiger partial charge in [0, 0.05) is 17.1 Å². The van der Waals surface area contributed by atoms with E-state index in [1.807, 2.05) is 0 Å². The quantitative estimate of drug-likeness (QED) is 0.0812. The number of fused-ring (bicyclic) bond motifs is 8. The van der Waals surface area contributed by atoms with Crippen molar-refractivity contribution in [1.82, 2.24) is 0 Å². The Hall–Kier alpha value is -8.40. The molecule has 6 N–H and O–H groups in total. The van der Waals surface area contributed by atoms with E-state index in [1.54, 1.807) is 0 Å². The average molecular weight is 802 g/mol. The molecule has 20 aromatic carbocycles. The van der Waals surface area contributed by atoms with Crippen LogP contribution in [0.5, 0.6) is 0 Å². The second kappa shape index (κ2) is 8.53. The first-order valence-electron chi connectivity index (χ1n) is 22.5. The monoisotopic (exact) mass is 801 g/mol. The molecule has 0 spiro atoms. The summed E-state index contributed by atoms with van der Waals surface area (Å²) in [5.74, 6) is 0. The molecule has 0 aliphatic rings. The number of benzene rings is 20. The summed E-state index contributed by atoms with van der Waals surface area (Å²) in [5, 5.41) is 50.8. The first-order valence-corrected chi connectivity index (χ1v) is 22.5. The maximum atomic E-state index is 7.08. The Bertz CT molecular complexity index is 5220. The number of hydrogen-bond acceptors (Lipinski definition) is 3. The zero-order chi connectivity index (χ0) is 41.0. The lowest BCUT2D eigenvalue weighted by Gasteiger charge is -2.33. The third-order valence-corrected chi connectivity index (χ3v) is 17.4. The van der Waals surface area contributed by atoms with Gasteiger partial charge >= 0.3 is 0 Å². The first kappa shape index (κ1) is 29.8. The van der Waals surface area contributed by atoms with Crippen molar-refractivity contribution < 1.29 is 0 Å². The maximum absolute atomic E-state index is 7.08. The van der Waals surface area contributed by atoms with Crippen LogP contribution in [0.2, 0.25) is 0 Å². The summed E-state index contributed by atoms with van der Waals surface area (Å²) in [6.07, 6.45) is 0. The molecule has 3 heteroatoms. The van der Waals surface area contributed by atoms with Gasteiger partial charge in [0.25, 0.3) is 0 Å². The zero-order valence-corrected chi connectivity index (χ0v) is 34.1. The second-order valence-electron chi connectivity index (χ2n) is 20.0. The van der Waals surface area contributed by atoms with E-state index >= 15 is 0 Å². The number of nitrogen functional groups attached to an aromatic ring is 3. The zero-order valence-electron chi connectivity index (χ0n) is 34.1. The third kappa shape index (κ3) is 2.54. The molecule has 0 atom stereocenters. The summed E-state index contributed by atoms with van der Waals surface area (Å²) in [6, 6.07) is 42.2. The third-order valence-electron chi connectivity index (χ3n) is 17.4. The average Bonchev–Trinajstić information content (AvgIpc) is 3.30. The van der Waals surface area contributed by atoms with Crippen molar-refractivity contribution >= 4 is 222 Å². The fourth-order valence-corrected chi connectivity index (χ4v) is 15.7. The molecule has 0 bridgehead atoms. The Morgan fingerprint density at radius 1 is 0.203 bits per heavy atom. The summed E-state index contributed by atoms with van der Waals surface area (Å²) < 4.78 is 0. The highest BCUT2D eigenvalue weighted by atomic mass is 14.6. The topological polar surface area (TPSA) is 78.1 Å². The van der Waals surface area contributed by atoms with E-state index < -0.39 is 0 Å². The highest BCUT2D eigenvalue weighted by Gasteiger charge is 2.36. The van der Waals surface area contributed by atoms with Gasteiger partial charge in [-0.15, -0.1) is 0 Å². The molecular formula is C61H27N3. The van der Waals surface area contributed by atoms with Crippen LogP contribution in [0.15, 0.2) is 109 Å². The fraction of sp³-hybridized carbons (Fsp3) is 0.0164. The van der Waals surface area contributed by atoms with Crippen LogP contribution in [0.1, 0.15) is 5.56 Å². The lowest BCUT2D eigenvalue weighted by atomic mass is 9.69. The van der Waals surface area contributed by atoms with Crippen molar-refractivity contribution in [1.29, 1.82) is 0 Å². The molecule has 0 unspecified atom stereocenters. The fourth-order valence-electron chi connectivity index (χ4n) is 15.7. The largest absolute Gasteiger partial charge is 0.399 e. The Kier molecular flexibility index (Phi) is 3.97. The molecule has 0 saturated heterocycles. The lowest BCUT2D eigenvalue weighted by Crippen LogP contribution is -2.04. The van der Waals surface area contributed by atoms with E-state index in [1.165, 1.54) is 210 Å². The van der Waals surface area contributed by atoms with Crippen LogP contribution in [0.4, 0.5) is 17.1 Å². The van der Waals surface area contributed by atoms with Gasteiger partial charge < -0.3 is 17.2 Å². The van der Waals surface area contributed by atoms with Gasteiger partial charge in [-0.3, -0.25) is 0 Å². The van der Waals surface area contributed by atoms with Crippen molar-refractivity contribution in [3.8, 4) is 0 Å². The van der Waals surface area contributed by atoms with Crippen molar-refractivity contribution in [2.75, 3.05) is 17.2 Å². The smallest absolute Gasteiger partial charge is 0.0326 e. The molecule has 0 saturated carbocycles. The molecule has 0 fully saturated rings. The molecule has 20 rings (SSSR count). The van der Waals surface area contributed by atoms with Crippen LogP contribution in [-0.4, -0.2) is 0 Å². The predicted molar refractivity (Wildman–Crippen MR) is 280 cm³/mol. The first-order chi connectivity index (χ1) is 31.4. The molecule has 0 aromatic heterocycles. The summed E-state index contributed by atoms with van der Waals surface area (Å²) >= 11 is 0. The number of anilines is 3. The number of hydrogen-bond donors (Lipinski definition) is 3. The summed E-state index contributed by atoms with van der Waals surface area (Å²) in [4.78, 5) is 0. The van der Waals surface area contributed by atoms with Crippen LogP contribution in [0.25, 0.3) is 205 Å². The van der Waals surface area contributed by atoms with Gasteiger partial charge in [-0.05, 0) is 254 Å². The molecule has 0 aliphatic carbocycles. The van der Waals surface area contributed by atoms with Crippen molar-refractivity contribution in [2.24, 2.45) is 0 Å². The molecule has 0 amide bonds. The van der Waals surface area contributed by atoms with Gasteiger partial charge in [-0.2, -0.15) is 0 Å². The Labute approximate surface area is 359 Å². The van der Waals surface area contributed by atoms with Gasteiger partial charge in [-0.1, -0.05) is 72.8 Å². The highest BCUT2D eigenvalue weighted by Crippen LogP contribution is 2.66. The highest BCUT2D eigenvalue weighted by molar-refractivity contribution is 6.68. The molecule has 64 heavy (non-hydrogen) atoms. The SMILES string of the molecule is Cc1cc2c3cccc4c5ccc6c7cc(N)cc8c9cc(N)cc%10c%11cccc%12c%13ccc%14c%15cc(N)cc%16c(c1)c2c1c(c34)c2c5c6c3c(c87)c(c%109)c(c%11%12)c4c%13c%14c(c1c%16%15)c2c43. The summed E-state index contributed by atoms with van der Waals surface area (Å²) in [5.41, 5.74) is 24.7. The van der Waals surface area contributed by atoms with Crippen LogP contribution >= 0.6 is 0 Å². The summed E-state index contributed by atoms with van der Waals surface area (Å²) in [6.45, 7) is 2.26. The van der Waals surface area contributed by atoms with Gasteiger partial charge in [0.1, 0.15) is 0 Å². The second-order valence-corrected chi connectivity index (χ2v) is 20.0. The maximum Gasteiger partial charge on any atom is 0.0326 e. The van der Waals surface area contributed by atoms with Crippen LogP contribution < -0.4 is 17.2 Å². The molecule has 286 valence electrons. The summed E-state index contributed by atoms with van der Waals surface area (Å²) in [7, 11) is 0. The van der Waals surface area contributed by atoms with E-state index in [0.29, 0.717) is 0 Å². The molecule has 0 heterocycles. The van der Waals surface area contributed by atoms with Crippen LogP contribution in [0.3, 0.4) is 0 Å². The normalized spacial score (nSPS) is 14.2. The Morgan fingerprint density at radius 3 is 0.719 bits per heavy atom. The van der Waals surface area contributed by atoms with E-state index in [9.17, 15) is 0 Å². The number of nitrogens with two attached hydrogens (primary N) is 3.